The fourth-order valence-electron chi connectivity index (χ4n) is 7.23. The van der Waals surface area contributed by atoms with Crippen LogP contribution in [-0.4, -0.2) is 77.6 Å². The minimum Gasteiger partial charge on any atom is -0.508 e. The van der Waals surface area contributed by atoms with Crippen LogP contribution >= 0.6 is 11.6 Å². The number of halogens is 3. The molecule has 2 saturated heterocycles. The summed E-state index contributed by atoms with van der Waals surface area (Å²) in [5.74, 6) is 0.420. The van der Waals surface area contributed by atoms with Crippen LogP contribution in [0.15, 0.2) is 24.3 Å². The van der Waals surface area contributed by atoms with Gasteiger partial charge in [0.2, 0.25) is 0 Å². The lowest BCUT2D eigenvalue weighted by molar-refractivity contribution is 0.107. The molecule has 2 N–H and O–H groups in total. The van der Waals surface area contributed by atoms with E-state index in [1.54, 1.807) is 12.1 Å². The number of hydrogen-bond acceptors (Lipinski definition) is 7. The molecule has 2 atom stereocenters. The first-order valence-corrected chi connectivity index (χ1v) is 15.0. The molecule has 7 nitrogen and oxygen atoms in total. The summed E-state index contributed by atoms with van der Waals surface area (Å²) >= 11 is 6.56. The van der Waals surface area contributed by atoms with Crippen molar-refractivity contribution in [3.63, 3.8) is 0 Å². The molecule has 7 rings (SSSR count). The number of hydrogen-bond donors (Lipinski definition) is 2. The van der Waals surface area contributed by atoms with Crippen molar-refractivity contribution in [3.8, 4) is 22.9 Å². The van der Waals surface area contributed by atoms with Crippen LogP contribution in [0.2, 0.25) is 5.02 Å². The van der Waals surface area contributed by atoms with Gasteiger partial charge in [-0.15, -0.1) is 0 Å². The highest BCUT2D eigenvalue weighted by Crippen LogP contribution is 2.50. The van der Waals surface area contributed by atoms with E-state index in [4.69, 9.17) is 26.3 Å². The summed E-state index contributed by atoms with van der Waals surface area (Å²) < 4.78 is 36.7. The summed E-state index contributed by atoms with van der Waals surface area (Å²) in [6.45, 7) is 2.41. The number of alkyl halides is 1. The summed E-state index contributed by atoms with van der Waals surface area (Å²) in [7, 11) is 3.92. The number of rotatable bonds is 9. The molecular formula is C31H36ClF2N5O2. The monoisotopic (exact) mass is 583 g/mol. The second-order valence-electron chi connectivity index (χ2n) is 12.5. The molecule has 218 valence electrons. The number of anilines is 1. The number of phenols is 1. The number of likely N-dealkylation sites (N-methyl/N-ethyl adjacent to an activating group) is 2. The molecule has 2 aliphatic heterocycles. The van der Waals surface area contributed by atoms with Gasteiger partial charge in [-0.25, -0.2) is 8.78 Å². The number of fused-ring (bicyclic) bond motifs is 2. The number of nitrogens with zero attached hydrogens (tertiary/aromatic N) is 4. The van der Waals surface area contributed by atoms with Crippen LogP contribution in [0.3, 0.4) is 0 Å². The third-order valence-corrected chi connectivity index (χ3v) is 10.0. The molecule has 1 aromatic heterocycles. The smallest absolute Gasteiger partial charge is 0.319 e. The molecule has 3 heterocycles. The summed E-state index contributed by atoms with van der Waals surface area (Å²) in [6, 6.07) is 6.53. The van der Waals surface area contributed by atoms with Gasteiger partial charge in [0.25, 0.3) is 0 Å². The Labute approximate surface area is 243 Å². The molecule has 2 saturated carbocycles. The number of ether oxygens (including phenoxy) is 1. The fraction of sp³-hybridized carbons (Fsp3) is 0.548. The highest BCUT2D eigenvalue weighted by Gasteiger charge is 2.50. The normalized spacial score (nSPS) is 25.0. The van der Waals surface area contributed by atoms with Gasteiger partial charge in [-0.05, 0) is 93.4 Å². The summed E-state index contributed by atoms with van der Waals surface area (Å²) in [4.78, 5) is 13.9. The zero-order valence-electron chi connectivity index (χ0n) is 23.5. The lowest BCUT2D eigenvalue weighted by Crippen LogP contribution is -2.44. The van der Waals surface area contributed by atoms with Crippen LogP contribution in [-0.2, 0) is 0 Å². The van der Waals surface area contributed by atoms with Crippen LogP contribution < -0.4 is 15.0 Å². The Hall–Kier alpha value is -2.75. The average Bonchev–Trinajstić information content (AvgIpc) is 3.85. The molecule has 0 unspecified atom stereocenters. The van der Waals surface area contributed by atoms with E-state index in [1.165, 1.54) is 12.1 Å². The van der Waals surface area contributed by atoms with E-state index >= 15 is 4.39 Å². The highest BCUT2D eigenvalue weighted by atomic mass is 35.5. The first kappa shape index (κ1) is 27.1. The van der Waals surface area contributed by atoms with Crippen molar-refractivity contribution < 1.29 is 18.6 Å². The van der Waals surface area contributed by atoms with E-state index in [-0.39, 0.29) is 28.8 Å². The zero-order chi connectivity index (χ0) is 28.5. The van der Waals surface area contributed by atoms with Gasteiger partial charge in [0.05, 0.1) is 16.6 Å². The van der Waals surface area contributed by atoms with Gasteiger partial charge in [-0.3, -0.25) is 4.90 Å². The first-order valence-electron chi connectivity index (χ1n) is 14.7. The molecule has 0 amide bonds. The number of phenolic OH excluding ortho intramolecular Hbond substituents is 1. The lowest BCUT2D eigenvalue weighted by atomic mass is 9.94. The van der Waals surface area contributed by atoms with Crippen molar-refractivity contribution in [3.05, 3.63) is 40.7 Å². The molecule has 4 aliphatic rings. The van der Waals surface area contributed by atoms with Gasteiger partial charge in [0, 0.05) is 42.5 Å². The van der Waals surface area contributed by atoms with Crippen molar-refractivity contribution >= 4 is 28.3 Å². The number of aromatic nitrogens is 2. The van der Waals surface area contributed by atoms with E-state index in [0.717, 1.165) is 57.2 Å². The summed E-state index contributed by atoms with van der Waals surface area (Å²) in [5.41, 5.74) is 1.88. The maximum absolute atomic E-state index is 16.0. The number of benzene rings is 2. The molecular weight excluding hydrogens is 548 g/mol. The van der Waals surface area contributed by atoms with Crippen molar-refractivity contribution in [2.24, 2.45) is 0 Å². The first-order chi connectivity index (χ1) is 19.7. The van der Waals surface area contributed by atoms with Crippen molar-refractivity contribution in [2.75, 3.05) is 45.2 Å². The quantitative estimate of drug-likeness (QED) is 0.329. The Bertz CT molecular complexity index is 1510. The molecule has 3 aromatic rings. The predicted octanol–water partition coefficient (Wildman–Crippen LogP) is 5.82. The number of nitrogens with one attached hydrogen (secondary N) is 1. The highest BCUT2D eigenvalue weighted by molar-refractivity contribution is 6.32. The van der Waals surface area contributed by atoms with Gasteiger partial charge in [-0.1, -0.05) is 11.6 Å². The minimum absolute atomic E-state index is 0.00752. The van der Waals surface area contributed by atoms with E-state index in [9.17, 15) is 9.50 Å². The van der Waals surface area contributed by atoms with Gasteiger partial charge in [-0.2, -0.15) is 9.97 Å². The molecule has 2 aromatic carbocycles. The Morgan fingerprint density at radius 3 is 2.71 bits per heavy atom. The third kappa shape index (κ3) is 4.70. The van der Waals surface area contributed by atoms with Crippen LogP contribution in [0.25, 0.3) is 22.0 Å². The largest absolute Gasteiger partial charge is 0.508 e. The van der Waals surface area contributed by atoms with E-state index in [2.05, 4.69) is 15.1 Å². The maximum atomic E-state index is 16.0. The Balaban J connectivity index is 1.33. The van der Waals surface area contributed by atoms with Gasteiger partial charge < -0.3 is 20.1 Å². The standard InChI is InChI=1S/C31H36ClF2N5O2/c1-35-16-30(7-8-30)38(2)28-23-12-25(34)21(22-10-20(40)11-24(32)27(22)18-4-5-18)13-26(23)36-29(37-28)41-17-31-6-3-9-39(31)15-19(33)14-31/h10-13,18-19,35,40H,3-9,14-17H2,1-2H3/t19-,31+/m1/s1. The van der Waals surface area contributed by atoms with Gasteiger partial charge >= 0.3 is 6.01 Å². The molecule has 0 radical (unpaired) electrons. The van der Waals surface area contributed by atoms with Gasteiger partial charge in [0.15, 0.2) is 0 Å². The molecule has 4 fully saturated rings. The van der Waals surface area contributed by atoms with E-state index in [0.29, 0.717) is 52.4 Å². The third-order valence-electron chi connectivity index (χ3n) is 9.73. The molecule has 41 heavy (non-hydrogen) atoms. The topological polar surface area (TPSA) is 73.8 Å². The number of aromatic hydroxyl groups is 1. The van der Waals surface area contributed by atoms with Crippen LogP contribution in [0, 0.1) is 5.82 Å². The summed E-state index contributed by atoms with van der Waals surface area (Å²) in [6.07, 6.45) is 5.46. The molecule has 0 bridgehead atoms. The van der Waals surface area contributed by atoms with Crippen molar-refractivity contribution in [2.45, 2.75) is 68.1 Å². The van der Waals surface area contributed by atoms with Crippen LogP contribution in [0.1, 0.15) is 56.4 Å². The van der Waals surface area contributed by atoms with E-state index < -0.39 is 12.0 Å². The second kappa shape index (κ2) is 9.92. The lowest BCUT2D eigenvalue weighted by Gasteiger charge is -2.32. The second-order valence-corrected chi connectivity index (χ2v) is 12.9. The minimum atomic E-state index is -0.852. The molecule has 2 aliphatic carbocycles. The molecule has 10 heteroatoms. The predicted molar refractivity (Wildman–Crippen MR) is 156 cm³/mol. The van der Waals surface area contributed by atoms with E-state index in [1.807, 2.05) is 14.1 Å². The average molecular weight is 584 g/mol. The Morgan fingerprint density at radius 1 is 1.17 bits per heavy atom. The van der Waals surface area contributed by atoms with Gasteiger partial charge in [0.1, 0.15) is 30.2 Å². The van der Waals surface area contributed by atoms with Crippen molar-refractivity contribution in [1.29, 1.82) is 0 Å². The van der Waals surface area contributed by atoms with Crippen molar-refractivity contribution in [1.82, 2.24) is 20.2 Å². The fourth-order valence-corrected chi connectivity index (χ4v) is 7.60. The summed E-state index contributed by atoms with van der Waals surface area (Å²) in [5, 5.41) is 14.7. The Morgan fingerprint density at radius 2 is 1.98 bits per heavy atom. The zero-order valence-corrected chi connectivity index (χ0v) is 24.3. The van der Waals surface area contributed by atoms with Crippen LogP contribution in [0.5, 0.6) is 11.8 Å². The SMILES string of the molecule is CNCC1(N(C)c2nc(OC[C@@]34CCCN3C[C@H](F)C4)nc3cc(-c4cc(O)cc(Cl)c4C4CC4)c(F)cc23)CC1. The Kier molecular flexibility index (Phi) is 6.56. The van der Waals surface area contributed by atoms with Crippen LogP contribution in [0.4, 0.5) is 14.6 Å². The maximum Gasteiger partial charge on any atom is 0.319 e. The molecule has 0 spiro atoms.